The lowest BCUT2D eigenvalue weighted by Gasteiger charge is -2.35. The standard InChI is InChI=1S/C15H26N4O/c1-10-8-18(9-11(2)16-10)14(20)13-7-12(3)19(17-13)15(4,5)6/h7,10-11,16H,8-9H2,1-6H3/t10-,11-/m0/s1. The summed E-state index contributed by atoms with van der Waals surface area (Å²) in [6.45, 7) is 14.0. The van der Waals surface area contributed by atoms with Gasteiger partial charge in [0.25, 0.3) is 5.91 Å². The summed E-state index contributed by atoms with van der Waals surface area (Å²) in [6.07, 6.45) is 0. The predicted octanol–water partition coefficient (Wildman–Crippen LogP) is 1.77. The van der Waals surface area contributed by atoms with Crippen LogP contribution in [0.1, 0.15) is 50.8 Å². The van der Waals surface area contributed by atoms with Crippen molar-refractivity contribution in [2.24, 2.45) is 0 Å². The monoisotopic (exact) mass is 278 g/mol. The van der Waals surface area contributed by atoms with Gasteiger partial charge in [0.05, 0.1) is 5.54 Å². The molecule has 112 valence electrons. The first kappa shape index (κ1) is 15.0. The number of carbonyl (C=O) groups is 1. The molecule has 0 unspecified atom stereocenters. The Hall–Kier alpha value is -1.36. The zero-order valence-corrected chi connectivity index (χ0v) is 13.4. The maximum atomic E-state index is 12.6. The first-order valence-electron chi connectivity index (χ1n) is 7.31. The Balaban J connectivity index is 2.21. The molecule has 0 radical (unpaired) electrons. The van der Waals surface area contributed by atoms with Crippen molar-refractivity contribution in [1.82, 2.24) is 20.0 Å². The van der Waals surface area contributed by atoms with Gasteiger partial charge in [-0.15, -0.1) is 0 Å². The summed E-state index contributed by atoms with van der Waals surface area (Å²) in [5.74, 6) is 0.0382. The molecule has 1 amide bonds. The van der Waals surface area contributed by atoms with Gasteiger partial charge in [0.1, 0.15) is 0 Å². The lowest BCUT2D eigenvalue weighted by molar-refractivity contribution is 0.0666. The molecule has 2 rings (SSSR count). The molecule has 1 fully saturated rings. The Morgan fingerprint density at radius 2 is 1.85 bits per heavy atom. The van der Waals surface area contributed by atoms with Gasteiger partial charge in [-0.1, -0.05) is 0 Å². The lowest BCUT2D eigenvalue weighted by atomic mass is 10.1. The zero-order chi connectivity index (χ0) is 15.1. The third-order valence-electron chi connectivity index (χ3n) is 3.59. The zero-order valence-electron chi connectivity index (χ0n) is 13.4. The largest absolute Gasteiger partial charge is 0.334 e. The van der Waals surface area contributed by atoms with Crippen LogP contribution in [0.25, 0.3) is 0 Å². The number of nitrogens with zero attached hydrogens (tertiary/aromatic N) is 3. The van der Waals surface area contributed by atoms with Crippen molar-refractivity contribution in [3.63, 3.8) is 0 Å². The van der Waals surface area contributed by atoms with Crippen LogP contribution < -0.4 is 5.32 Å². The third kappa shape index (κ3) is 3.03. The van der Waals surface area contributed by atoms with Gasteiger partial charge in [0.2, 0.25) is 0 Å². The Bertz CT molecular complexity index is 490. The molecule has 1 aliphatic rings. The summed E-state index contributed by atoms with van der Waals surface area (Å²) in [5, 5.41) is 7.95. The summed E-state index contributed by atoms with van der Waals surface area (Å²) < 4.78 is 1.93. The number of nitrogens with one attached hydrogen (secondary N) is 1. The maximum absolute atomic E-state index is 12.6. The van der Waals surface area contributed by atoms with E-state index in [9.17, 15) is 4.79 Å². The molecule has 1 saturated heterocycles. The second-order valence-electron chi connectivity index (χ2n) is 6.93. The average molecular weight is 278 g/mol. The first-order chi connectivity index (χ1) is 9.18. The molecule has 2 heterocycles. The van der Waals surface area contributed by atoms with E-state index in [-0.39, 0.29) is 11.4 Å². The van der Waals surface area contributed by atoms with Crippen LogP contribution in [0.15, 0.2) is 6.07 Å². The van der Waals surface area contributed by atoms with Crippen molar-refractivity contribution in [2.45, 2.75) is 59.2 Å². The molecule has 1 aromatic heterocycles. The van der Waals surface area contributed by atoms with Gasteiger partial charge in [0.15, 0.2) is 5.69 Å². The molecule has 1 aliphatic heterocycles. The number of aromatic nitrogens is 2. The van der Waals surface area contributed by atoms with E-state index in [0.29, 0.717) is 17.8 Å². The number of carbonyl (C=O) groups excluding carboxylic acids is 1. The van der Waals surface area contributed by atoms with Crippen LogP contribution in [0, 0.1) is 6.92 Å². The summed E-state index contributed by atoms with van der Waals surface area (Å²) in [6, 6.07) is 2.55. The Morgan fingerprint density at radius 3 is 2.30 bits per heavy atom. The quantitative estimate of drug-likeness (QED) is 0.852. The molecule has 5 heteroatoms. The minimum Gasteiger partial charge on any atom is -0.334 e. The molecule has 5 nitrogen and oxygen atoms in total. The number of hydrogen-bond donors (Lipinski definition) is 1. The highest BCUT2D eigenvalue weighted by molar-refractivity contribution is 5.92. The van der Waals surface area contributed by atoms with E-state index >= 15 is 0 Å². The highest BCUT2D eigenvalue weighted by Crippen LogP contribution is 2.18. The minimum absolute atomic E-state index is 0.0382. The molecule has 0 aliphatic carbocycles. The van der Waals surface area contributed by atoms with Gasteiger partial charge in [-0.2, -0.15) is 5.10 Å². The predicted molar refractivity (Wildman–Crippen MR) is 79.9 cm³/mol. The van der Waals surface area contributed by atoms with E-state index < -0.39 is 0 Å². The number of hydrogen-bond acceptors (Lipinski definition) is 3. The molecule has 1 aromatic rings. The van der Waals surface area contributed by atoms with Crippen molar-refractivity contribution in [3.8, 4) is 0 Å². The van der Waals surface area contributed by atoms with Crippen molar-refractivity contribution < 1.29 is 4.79 Å². The number of amides is 1. The van der Waals surface area contributed by atoms with Crippen molar-refractivity contribution >= 4 is 5.91 Å². The van der Waals surface area contributed by atoms with E-state index in [2.05, 4.69) is 45.0 Å². The maximum Gasteiger partial charge on any atom is 0.274 e. The molecule has 1 N–H and O–H groups in total. The van der Waals surface area contributed by atoms with Gasteiger partial charge in [-0.25, -0.2) is 0 Å². The van der Waals surface area contributed by atoms with Gasteiger partial charge >= 0.3 is 0 Å². The number of rotatable bonds is 1. The molecule has 0 aromatic carbocycles. The van der Waals surface area contributed by atoms with Crippen LogP contribution in [0.4, 0.5) is 0 Å². The van der Waals surface area contributed by atoms with Crippen molar-refractivity contribution in [2.75, 3.05) is 13.1 Å². The highest BCUT2D eigenvalue weighted by atomic mass is 16.2. The minimum atomic E-state index is -0.105. The first-order valence-corrected chi connectivity index (χ1v) is 7.31. The van der Waals surface area contributed by atoms with E-state index in [1.54, 1.807) is 0 Å². The van der Waals surface area contributed by atoms with Gasteiger partial charge in [-0.05, 0) is 47.6 Å². The van der Waals surface area contributed by atoms with E-state index in [1.165, 1.54) is 0 Å². The van der Waals surface area contributed by atoms with Gasteiger partial charge in [0, 0.05) is 30.9 Å². The average Bonchev–Trinajstić information content (AvgIpc) is 2.68. The summed E-state index contributed by atoms with van der Waals surface area (Å²) in [7, 11) is 0. The second kappa shape index (κ2) is 5.20. The Morgan fingerprint density at radius 1 is 1.30 bits per heavy atom. The molecular weight excluding hydrogens is 252 g/mol. The van der Waals surface area contributed by atoms with Crippen LogP contribution in [-0.4, -0.2) is 45.8 Å². The van der Waals surface area contributed by atoms with Crippen LogP contribution >= 0.6 is 0 Å². The van der Waals surface area contributed by atoms with Crippen LogP contribution in [0.2, 0.25) is 0 Å². The topological polar surface area (TPSA) is 50.2 Å². The number of aryl methyl sites for hydroxylation is 1. The molecule has 0 bridgehead atoms. The molecule has 20 heavy (non-hydrogen) atoms. The lowest BCUT2D eigenvalue weighted by Crippen LogP contribution is -2.55. The Labute approximate surface area is 121 Å². The Kier molecular flexibility index (Phi) is 3.91. The van der Waals surface area contributed by atoms with Gasteiger partial charge in [-0.3, -0.25) is 9.48 Å². The van der Waals surface area contributed by atoms with Crippen molar-refractivity contribution in [3.05, 3.63) is 17.5 Å². The second-order valence-corrected chi connectivity index (χ2v) is 6.93. The van der Waals surface area contributed by atoms with E-state index in [4.69, 9.17) is 0 Å². The molecule has 0 saturated carbocycles. The summed E-state index contributed by atoms with van der Waals surface area (Å²) in [5.41, 5.74) is 1.47. The van der Waals surface area contributed by atoms with Crippen molar-refractivity contribution in [1.29, 1.82) is 0 Å². The number of piperazine rings is 1. The fraction of sp³-hybridized carbons (Fsp3) is 0.733. The fourth-order valence-electron chi connectivity index (χ4n) is 2.91. The van der Waals surface area contributed by atoms with Gasteiger partial charge < -0.3 is 10.2 Å². The summed E-state index contributed by atoms with van der Waals surface area (Å²) >= 11 is 0. The molecule has 2 atom stereocenters. The van der Waals surface area contributed by atoms with Crippen LogP contribution in [0.3, 0.4) is 0 Å². The molecule has 0 spiro atoms. The third-order valence-corrected chi connectivity index (χ3v) is 3.59. The van der Waals surface area contributed by atoms with Crippen LogP contribution in [0.5, 0.6) is 0 Å². The normalized spacial score (nSPS) is 24.0. The molecular formula is C15H26N4O. The van der Waals surface area contributed by atoms with E-state index in [0.717, 1.165) is 18.8 Å². The summed E-state index contributed by atoms with van der Waals surface area (Å²) in [4.78, 5) is 14.5. The van der Waals surface area contributed by atoms with Crippen LogP contribution in [-0.2, 0) is 5.54 Å². The SMILES string of the molecule is Cc1cc(C(=O)N2C[C@H](C)N[C@@H](C)C2)nn1C(C)(C)C. The van der Waals surface area contributed by atoms with E-state index in [1.807, 2.05) is 22.6 Å². The fourth-order valence-corrected chi connectivity index (χ4v) is 2.91. The highest BCUT2D eigenvalue weighted by Gasteiger charge is 2.28. The smallest absolute Gasteiger partial charge is 0.274 e.